The maximum absolute atomic E-state index is 11.7. The number of amides is 1. The molecule has 1 fully saturated rings. The van der Waals surface area contributed by atoms with Gasteiger partial charge in [0.1, 0.15) is 5.54 Å². The molecule has 2 aromatic rings. The van der Waals surface area contributed by atoms with Crippen LogP contribution in [0.25, 0.3) is 0 Å². The first-order valence-corrected chi connectivity index (χ1v) is 10.3. The van der Waals surface area contributed by atoms with Crippen LogP contribution in [0.2, 0.25) is 0 Å². The summed E-state index contributed by atoms with van der Waals surface area (Å²) in [6, 6.07) is 11.9. The van der Waals surface area contributed by atoms with Crippen molar-refractivity contribution < 1.29 is 14.3 Å². The minimum absolute atomic E-state index is 0.166. The molecular formula is C21H29N3O3S. The Labute approximate surface area is 171 Å². The van der Waals surface area contributed by atoms with Crippen molar-refractivity contribution in [1.29, 1.82) is 0 Å². The second-order valence-electron chi connectivity index (χ2n) is 6.30. The number of aliphatic imine (C=N–C) groups is 1. The SMILES string of the molecule is CC.CC(=O)N(C)C(N)=NC(C)(c1ccccc1)c1csc(C2OCCO2)c1. The lowest BCUT2D eigenvalue weighted by Gasteiger charge is -2.27. The van der Waals surface area contributed by atoms with Crippen molar-refractivity contribution in [2.45, 2.75) is 39.5 Å². The number of thiophene rings is 1. The molecule has 0 aliphatic carbocycles. The quantitative estimate of drug-likeness (QED) is 0.621. The van der Waals surface area contributed by atoms with E-state index in [0.29, 0.717) is 13.2 Å². The van der Waals surface area contributed by atoms with E-state index in [1.54, 1.807) is 18.4 Å². The van der Waals surface area contributed by atoms with Gasteiger partial charge in [-0.2, -0.15) is 0 Å². The van der Waals surface area contributed by atoms with Crippen molar-refractivity contribution in [1.82, 2.24) is 4.90 Å². The molecule has 2 N–H and O–H groups in total. The zero-order valence-corrected chi connectivity index (χ0v) is 18.0. The zero-order valence-electron chi connectivity index (χ0n) is 17.1. The van der Waals surface area contributed by atoms with Crippen molar-refractivity contribution >= 4 is 23.2 Å². The lowest BCUT2D eigenvalue weighted by molar-refractivity contribution is -0.124. The molecule has 0 spiro atoms. The van der Waals surface area contributed by atoms with Crippen LogP contribution < -0.4 is 5.73 Å². The number of hydrogen-bond donors (Lipinski definition) is 1. The summed E-state index contributed by atoms with van der Waals surface area (Å²) >= 11 is 1.57. The molecule has 0 saturated carbocycles. The molecule has 2 heterocycles. The Morgan fingerprint density at radius 1 is 1.21 bits per heavy atom. The van der Waals surface area contributed by atoms with Gasteiger partial charge in [0, 0.05) is 14.0 Å². The van der Waals surface area contributed by atoms with Gasteiger partial charge in [0.2, 0.25) is 5.91 Å². The highest BCUT2D eigenvalue weighted by molar-refractivity contribution is 7.10. The minimum atomic E-state index is -0.734. The summed E-state index contributed by atoms with van der Waals surface area (Å²) < 4.78 is 11.2. The Morgan fingerprint density at radius 2 is 1.82 bits per heavy atom. The molecule has 28 heavy (non-hydrogen) atoms. The molecule has 1 aliphatic rings. The van der Waals surface area contributed by atoms with Gasteiger partial charge < -0.3 is 15.2 Å². The second kappa shape index (κ2) is 9.82. The van der Waals surface area contributed by atoms with Crippen LogP contribution >= 0.6 is 11.3 Å². The fraction of sp³-hybridized carbons (Fsp3) is 0.429. The molecule has 1 aliphatic heterocycles. The van der Waals surface area contributed by atoms with E-state index in [9.17, 15) is 4.79 Å². The highest BCUT2D eigenvalue weighted by Gasteiger charge is 2.32. The number of rotatable bonds is 4. The third kappa shape index (κ3) is 4.79. The molecule has 1 saturated heterocycles. The maximum atomic E-state index is 11.7. The van der Waals surface area contributed by atoms with E-state index in [4.69, 9.17) is 20.2 Å². The van der Waals surface area contributed by atoms with Gasteiger partial charge in [0.25, 0.3) is 0 Å². The average molecular weight is 404 g/mol. The Morgan fingerprint density at radius 3 is 2.39 bits per heavy atom. The average Bonchev–Trinajstić information content (AvgIpc) is 3.41. The summed E-state index contributed by atoms with van der Waals surface area (Å²) in [6.45, 7) is 8.65. The second-order valence-corrected chi connectivity index (χ2v) is 7.24. The normalized spacial score (nSPS) is 16.8. The standard InChI is InChI=1S/C19H23N3O3S.C2H6/c1-13(23)22(3)18(20)21-19(2,14-7-5-4-6-8-14)15-11-16(26-12-15)17-24-9-10-25-17;1-2/h4-8,11-12,17H,9-10H2,1-3H3,(H2,20,21);1-2H3. The van der Waals surface area contributed by atoms with Crippen LogP contribution in [0.15, 0.2) is 46.8 Å². The molecule has 3 rings (SSSR count). The summed E-state index contributed by atoms with van der Waals surface area (Å²) in [7, 11) is 1.62. The lowest BCUT2D eigenvalue weighted by Crippen LogP contribution is -2.40. The Bertz CT molecular complexity index is 800. The van der Waals surface area contributed by atoms with Crippen LogP contribution in [0, 0.1) is 0 Å². The summed E-state index contributed by atoms with van der Waals surface area (Å²) in [5.41, 5.74) is 7.34. The van der Waals surface area contributed by atoms with Crippen LogP contribution in [0.3, 0.4) is 0 Å². The number of benzene rings is 1. The fourth-order valence-electron chi connectivity index (χ4n) is 2.78. The number of nitrogens with two attached hydrogens (primary N) is 1. The highest BCUT2D eigenvalue weighted by Crippen LogP contribution is 2.39. The van der Waals surface area contributed by atoms with Crippen molar-refractivity contribution in [3.8, 4) is 0 Å². The molecule has 1 unspecified atom stereocenters. The molecule has 1 atom stereocenters. The van der Waals surface area contributed by atoms with E-state index in [1.807, 2.05) is 62.5 Å². The van der Waals surface area contributed by atoms with Crippen LogP contribution in [-0.2, 0) is 19.8 Å². The van der Waals surface area contributed by atoms with Gasteiger partial charge in [-0.05, 0) is 29.5 Å². The van der Waals surface area contributed by atoms with Crippen LogP contribution in [0.4, 0.5) is 0 Å². The number of ether oxygens (including phenoxy) is 2. The first-order valence-electron chi connectivity index (χ1n) is 9.39. The number of carbonyl (C=O) groups excluding carboxylic acids is 1. The predicted molar refractivity (Wildman–Crippen MR) is 113 cm³/mol. The summed E-state index contributed by atoms with van der Waals surface area (Å²) in [6.07, 6.45) is -0.324. The van der Waals surface area contributed by atoms with Crippen molar-refractivity contribution in [2.24, 2.45) is 10.7 Å². The molecule has 152 valence electrons. The Kier molecular flexibility index (Phi) is 7.74. The van der Waals surface area contributed by atoms with Crippen molar-refractivity contribution in [3.63, 3.8) is 0 Å². The van der Waals surface area contributed by atoms with Gasteiger partial charge in [-0.15, -0.1) is 11.3 Å². The summed E-state index contributed by atoms with van der Waals surface area (Å²) in [4.78, 5) is 18.7. The zero-order chi connectivity index (χ0) is 20.7. The topological polar surface area (TPSA) is 77.2 Å². The first-order chi connectivity index (χ1) is 13.4. The molecule has 7 heteroatoms. The molecule has 0 radical (unpaired) electrons. The third-order valence-electron chi connectivity index (χ3n) is 4.53. The number of guanidine groups is 1. The van der Waals surface area contributed by atoms with Gasteiger partial charge in [0.05, 0.1) is 18.1 Å². The smallest absolute Gasteiger partial charge is 0.225 e. The molecule has 0 bridgehead atoms. The summed E-state index contributed by atoms with van der Waals surface area (Å²) in [5, 5.41) is 2.04. The molecule has 1 amide bonds. The van der Waals surface area contributed by atoms with Gasteiger partial charge in [-0.25, -0.2) is 4.99 Å². The number of carbonyl (C=O) groups is 1. The van der Waals surface area contributed by atoms with Crippen LogP contribution in [0.1, 0.15) is 50.0 Å². The number of hydrogen-bond acceptors (Lipinski definition) is 5. The van der Waals surface area contributed by atoms with Crippen molar-refractivity contribution in [3.05, 3.63) is 57.8 Å². The fourth-order valence-corrected chi connectivity index (χ4v) is 3.78. The Balaban J connectivity index is 0.00000136. The van der Waals surface area contributed by atoms with E-state index in [-0.39, 0.29) is 18.2 Å². The number of nitrogens with zero attached hydrogens (tertiary/aromatic N) is 2. The van der Waals surface area contributed by atoms with Crippen molar-refractivity contribution in [2.75, 3.05) is 20.3 Å². The molecule has 1 aromatic heterocycles. The van der Waals surface area contributed by atoms with Gasteiger partial charge >= 0.3 is 0 Å². The molecular weight excluding hydrogens is 374 g/mol. The van der Waals surface area contributed by atoms with Gasteiger partial charge in [-0.1, -0.05) is 44.2 Å². The van der Waals surface area contributed by atoms with E-state index >= 15 is 0 Å². The lowest BCUT2D eigenvalue weighted by atomic mass is 9.86. The summed E-state index contributed by atoms with van der Waals surface area (Å²) in [5.74, 6) is 0.00499. The third-order valence-corrected chi connectivity index (χ3v) is 5.48. The monoisotopic (exact) mass is 403 g/mol. The van der Waals surface area contributed by atoms with E-state index in [2.05, 4.69) is 0 Å². The Hall–Kier alpha value is -2.22. The van der Waals surface area contributed by atoms with Crippen LogP contribution in [0.5, 0.6) is 0 Å². The maximum Gasteiger partial charge on any atom is 0.225 e. The van der Waals surface area contributed by atoms with E-state index in [1.165, 1.54) is 11.8 Å². The first kappa shape index (κ1) is 22.1. The highest BCUT2D eigenvalue weighted by atomic mass is 32.1. The molecule has 6 nitrogen and oxygen atoms in total. The minimum Gasteiger partial charge on any atom is -0.369 e. The van der Waals surface area contributed by atoms with E-state index in [0.717, 1.165) is 16.0 Å². The largest absolute Gasteiger partial charge is 0.369 e. The van der Waals surface area contributed by atoms with Crippen LogP contribution in [-0.4, -0.2) is 37.0 Å². The van der Waals surface area contributed by atoms with E-state index < -0.39 is 5.54 Å². The molecule has 1 aromatic carbocycles. The van der Waals surface area contributed by atoms with Gasteiger partial charge in [-0.3, -0.25) is 9.69 Å². The predicted octanol–water partition coefficient (Wildman–Crippen LogP) is 3.88. The van der Waals surface area contributed by atoms with Gasteiger partial charge in [0.15, 0.2) is 12.2 Å².